The highest BCUT2D eigenvalue weighted by molar-refractivity contribution is 6.28. The molecule has 7 nitrogen and oxygen atoms in total. The zero-order chi connectivity index (χ0) is 13.1. The molecule has 0 spiro atoms. The van der Waals surface area contributed by atoms with Crippen molar-refractivity contribution >= 4 is 23.1 Å². The Morgan fingerprint density at radius 2 is 2.39 bits per heavy atom. The Labute approximate surface area is 109 Å². The smallest absolute Gasteiger partial charge is 0.329 e. The third kappa shape index (κ3) is 2.85. The van der Waals surface area contributed by atoms with Crippen LogP contribution in [0.15, 0.2) is 6.20 Å². The maximum atomic E-state index is 10.8. The summed E-state index contributed by atoms with van der Waals surface area (Å²) in [5.74, 6) is 0.167. The third-order valence-corrected chi connectivity index (χ3v) is 2.96. The van der Waals surface area contributed by atoms with Crippen molar-refractivity contribution in [1.29, 1.82) is 0 Å². The minimum Gasteiger partial charge on any atom is -0.378 e. The van der Waals surface area contributed by atoms with Crippen LogP contribution >= 0.6 is 11.6 Å². The molecule has 0 aliphatic heterocycles. The fourth-order valence-corrected chi connectivity index (χ4v) is 1.98. The van der Waals surface area contributed by atoms with Gasteiger partial charge in [-0.25, -0.2) is 4.98 Å². The maximum absolute atomic E-state index is 10.8. The lowest BCUT2D eigenvalue weighted by molar-refractivity contribution is -0.384. The van der Waals surface area contributed by atoms with Gasteiger partial charge in [0.25, 0.3) is 0 Å². The van der Waals surface area contributed by atoms with E-state index in [1.165, 1.54) is 0 Å². The van der Waals surface area contributed by atoms with Crippen molar-refractivity contribution in [2.24, 2.45) is 0 Å². The van der Waals surface area contributed by atoms with E-state index in [1.54, 1.807) is 0 Å². The summed E-state index contributed by atoms with van der Waals surface area (Å²) < 4.78 is 5.41. The molecule has 1 aromatic rings. The van der Waals surface area contributed by atoms with Crippen LogP contribution in [0.3, 0.4) is 0 Å². The molecule has 98 valence electrons. The molecule has 1 saturated carbocycles. The van der Waals surface area contributed by atoms with Crippen LogP contribution in [0.25, 0.3) is 0 Å². The van der Waals surface area contributed by atoms with Gasteiger partial charge in [0.2, 0.25) is 11.1 Å². The molecule has 0 aromatic carbocycles. The van der Waals surface area contributed by atoms with Gasteiger partial charge in [0.1, 0.15) is 6.20 Å². The Hall–Kier alpha value is -1.47. The number of nitrogens with one attached hydrogen (secondary N) is 1. The normalized spacial score (nSPS) is 22.3. The van der Waals surface area contributed by atoms with E-state index in [-0.39, 0.29) is 28.9 Å². The zero-order valence-corrected chi connectivity index (χ0v) is 10.6. The van der Waals surface area contributed by atoms with Crippen LogP contribution < -0.4 is 5.32 Å². The number of hydrogen-bond acceptors (Lipinski definition) is 6. The second-order valence-electron chi connectivity index (χ2n) is 4.02. The van der Waals surface area contributed by atoms with Crippen molar-refractivity contribution in [3.05, 3.63) is 21.6 Å². The van der Waals surface area contributed by atoms with Crippen molar-refractivity contribution in [2.75, 3.05) is 11.9 Å². The zero-order valence-electron chi connectivity index (χ0n) is 9.80. The average molecular weight is 273 g/mol. The van der Waals surface area contributed by atoms with Gasteiger partial charge in [0, 0.05) is 12.6 Å². The first-order valence-electron chi connectivity index (χ1n) is 5.65. The van der Waals surface area contributed by atoms with Gasteiger partial charge in [-0.1, -0.05) is 0 Å². The standard InChI is InChI=1S/C10H13ClN4O3/c1-2-18-7-3-6(4-7)13-9-8(15(16)17)5-12-10(11)14-9/h5-7H,2-4H2,1H3,(H,12,13,14). The molecule has 1 N–H and O–H groups in total. The topological polar surface area (TPSA) is 90.2 Å². The van der Waals surface area contributed by atoms with Gasteiger partial charge in [-0.05, 0) is 31.4 Å². The number of halogens is 1. The molecular formula is C10H13ClN4O3. The lowest BCUT2D eigenvalue weighted by Gasteiger charge is -2.35. The van der Waals surface area contributed by atoms with Gasteiger partial charge in [-0.15, -0.1) is 0 Å². The van der Waals surface area contributed by atoms with Gasteiger partial charge in [-0.3, -0.25) is 10.1 Å². The van der Waals surface area contributed by atoms with E-state index in [0.29, 0.717) is 6.61 Å². The molecule has 0 unspecified atom stereocenters. The van der Waals surface area contributed by atoms with Gasteiger partial charge >= 0.3 is 5.69 Å². The van der Waals surface area contributed by atoms with Crippen LogP contribution in [0, 0.1) is 10.1 Å². The molecule has 1 aliphatic carbocycles. The monoisotopic (exact) mass is 272 g/mol. The van der Waals surface area contributed by atoms with E-state index >= 15 is 0 Å². The summed E-state index contributed by atoms with van der Waals surface area (Å²) >= 11 is 5.64. The molecular weight excluding hydrogens is 260 g/mol. The van der Waals surface area contributed by atoms with Crippen LogP contribution in [0.2, 0.25) is 5.28 Å². The Balaban J connectivity index is 2.01. The van der Waals surface area contributed by atoms with Gasteiger partial charge in [0.15, 0.2) is 0 Å². The number of nitro groups is 1. The van der Waals surface area contributed by atoms with Crippen LogP contribution in [0.1, 0.15) is 19.8 Å². The predicted octanol–water partition coefficient (Wildman–Crippen LogP) is 2.02. The molecule has 18 heavy (non-hydrogen) atoms. The second kappa shape index (κ2) is 5.45. The van der Waals surface area contributed by atoms with E-state index in [0.717, 1.165) is 19.0 Å². The average Bonchev–Trinajstić information content (AvgIpc) is 2.26. The highest BCUT2D eigenvalue weighted by Gasteiger charge is 2.31. The number of ether oxygens (including phenoxy) is 1. The highest BCUT2D eigenvalue weighted by atomic mass is 35.5. The van der Waals surface area contributed by atoms with Crippen LogP contribution in [-0.2, 0) is 4.74 Å². The molecule has 1 heterocycles. The van der Waals surface area contributed by atoms with Crippen molar-refractivity contribution < 1.29 is 9.66 Å². The van der Waals surface area contributed by atoms with Gasteiger partial charge in [0.05, 0.1) is 11.0 Å². The van der Waals surface area contributed by atoms with Crippen LogP contribution in [0.5, 0.6) is 0 Å². The number of anilines is 1. The molecule has 8 heteroatoms. The number of nitrogens with zero attached hydrogens (tertiary/aromatic N) is 3. The van der Waals surface area contributed by atoms with E-state index in [9.17, 15) is 10.1 Å². The first-order valence-corrected chi connectivity index (χ1v) is 6.03. The minimum absolute atomic E-state index is 0.0104. The summed E-state index contributed by atoms with van der Waals surface area (Å²) in [5, 5.41) is 13.8. The molecule has 0 atom stereocenters. The SMILES string of the molecule is CCOC1CC(Nc2nc(Cl)ncc2[N+](=O)[O-])C1. The lowest BCUT2D eigenvalue weighted by Crippen LogP contribution is -2.41. The minimum atomic E-state index is -0.530. The maximum Gasteiger partial charge on any atom is 0.329 e. The molecule has 0 radical (unpaired) electrons. The molecule has 0 bridgehead atoms. The summed E-state index contributed by atoms with van der Waals surface area (Å²) in [6.07, 6.45) is 2.96. The first-order chi connectivity index (χ1) is 8.60. The number of rotatable bonds is 5. The largest absolute Gasteiger partial charge is 0.378 e. The van der Waals surface area contributed by atoms with Crippen molar-refractivity contribution in [3.63, 3.8) is 0 Å². The molecule has 1 fully saturated rings. The van der Waals surface area contributed by atoms with Crippen molar-refractivity contribution in [1.82, 2.24) is 9.97 Å². The lowest BCUT2D eigenvalue weighted by atomic mass is 9.89. The summed E-state index contributed by atoms with van der Waals surface area (Å²) in [5.41, 5.74) is -0.167. The van der Waals surface area contributed by atoms with Crippen LogP contribution in [0.4, 0.5) is 11.5 Å². The Morgan fingerprint density at radius 3 is 3.00 bits per heavy atom. The van der Waals surface area contributed by atoms with Crippen molar-refractivity contribution in [2.45, 2.75) is 31.9 Å². The third-order valence-electron chi connectivity index (χ3n) is 2.77. The Kier molecular flexibility index (Phi) is 3.93. The highest BCUT2D eigenvalue weighted by Crippen LogP contribution is 2.30. The Bertz CT molecular complexity index is 451. The van der Waals surface area contributed by atoms with E-state index in [2.05, 4.69) is 15.3 Å². The Morgan fingerprint density at radius 1 is 1.67 bits per heavy atom. The van der Waals surface area contributed by atoms with Crippen LogP contribution in [-0.4, -0.2) is 33.6 Å². The van der Waals surface area contributed by atoms with Gasteiger partial charge < -0.3 is 10.1 Å². The molecule has 2 rings (SSSR count). The fraction of sp³-hybridized carbons (Fsp3) is 0.600. The van der Waals surface area contributed by atoms with E-state index in [4.69, 9.17) is 16.3 Å². The molecule has 0 amide bonds. The summed E-state index contributed by atoms with van der Waals surface area (Å²) in [7, 11) is 0. The van der Waals surface area contributed by atoms with Crippen molar-refractivity contribution in [3.8, 4) is 0 Å². The molecule has 1 aromatic heterocycles. The van der Waals surface area contributed by atoms with Gasteiger partial charge in [-0.2, -0.15) is 4.98 Å². The first kappa shape index (κ1) is 13.0. The fourth-order valence-electron chi connectivity index (χ4n) is 1.84. The van der Waals surface area contributed by atoms with E-state index in [1.807, 2.05) is 6.92 Å². The predicted molar refractivity (Wildman–Crippen MR) is 65.8 cm³/mol. The van der Waals surface area contributed by atoms with E-state index < -0.39 is 4.92 Å². The quantitative estimate of drug-likeness (QED) is 0.501. The summed E-state index contributed by atoms with van der Waals surface area (Å²) in [4.78, 5) is 17.7. The molecule has 1 aliphatic rings. The second-order valence-corrected chi connectivity index (χ2v) is 4.36. The molecule has 0 saturated heterocycles. The summed E-state index contributed by atoms with van der Waals surface area (Å²) in [6.45, 7) is 2.62. The summed E-state index contributed by atoms with van der Waals surface area (Å²) in [6, 6.07) is 0.131. The number of aromatic nitrogens is 2. The number of hydrogen-bond donors (Lipinski definition) is 1.